The monoisotopic (exact) mass is 258 g/mol. The number of nitrogens with zero attached hydrogens (tertiary/aromatic N) is 1. The molecule has 3 nitrogen and oxygen atoms in total. The number of rotatable bonds is 6. The molecule has 0 aliphatic rings. The van der Waals surface area contributed by atoms with E-state index >= 15 is 0 Å². The van der Waals surface area contributed by atoms with Crippen LogP contribution in [-0.4, -0.2) is 22.7 Å². The maximum absolute atomic E-state index is 9.66. The average molecular weight is 258 g/mol. The molecule has 0 aliphatic carbocycles. The third kappa shape index (κ3) is 4.01. The summed E-state index contributed by atoms with van der Waals surface area (Å²) in [6.45, 7) is 5.52. The molecule has 1 aromatic carbocycles. The lowest BCUT2D eigenvalue weighted by molar-refractivity contribution is 0.160. The zero-order chi connectivity index (χ0) is 13.7. The first-order valence-electron chi connectivity index (χ1n) is 6.94. The Bertz CT molecular complexity index is 539. The molecule has 0 saturated heterocycles. The van der Waals surface area contributed by atoms with Crippen molar-refractivity contribution in [2.45, 2.75) is 39.3 Å². The van der Waals surface area contributed by atoms with Gasteiger partial charge in [-0.1, -0.05) is 25.5 Å². The average Bonchev–Trinajstić information content (AvgIpc) is 2.39. The maximum Gasteiger partial charge on any atom is 0.0705 e. The number of hydrogen-bond donors (Lipinski definition) is 2. The minimum Gasteiger partial charge on any atom is -0.392 e. The molecule has 19 heavy (non-hydrogen) atoms. The highest BCUT2D eigenvalue weighted by atomic mass is 16.3. The van der Waals surface area contributed by atoms with Gasteiger partial charge in [-0.05, 0) is 37.1 Å². The van der Waals surface area contributed by atoms with E-state index in [-0.39, 0.29) is 6.10 Å². The van der Waals surface area contributed by atoms with Crippen molar-refractivity contribution in [3.05, 3.63) is 41.6 Å². The lowest BCUT2D eigenvalue weighted by atomic mass is 10.1. The fourth-order valence-corrected chi connectivity index (χ4v) is 2.21. The molecule has 1 atom stereocenters. The van der Waals surface area contributed by atoms with Crippen molar-refractivity contribution >= 4 is 10.9 Å². The molecule has 2 rings (SSSR count). The standard InChI is InChI=1S/C16H22N2O/c1-3-4-15(19)11-17-10-13-6-8-16-14(9-13)7-5-12(2)18-16/h5-9,15,17,19H,3-4,10-11H2,1-2H3. The van der Waals surface area contributed by atoms with Gasteiger partial charge in [-0.25, -0.2) is 0 Å². The first-order chi connectivity index (χ1) is 9.19. The van der Waals surface area contributed by atoms with Crippen LogP contribution in [-0.2, 0) is 6.54 Å². The largest absolute Gasteiger partial charge is 0.392 e. The Hall–Kier alpha value is -1.45. The summed E-state index contributed by atoms with van der Waals surface area (Å²) in [5, 5.41) is 14.1. The van der Waals surface area contributed by atoms with Crippen LogP contribution in [0.5, 0.6) is 0 Å². The fraction of sp³-hybridized carbons (Fsp3) is 0.438. The predicted molar refractivity (Wildman–Crippen MR) is 79.1 cm³/mol. The van der Waals surface area contributed by atoms with E-state index in [2.05, 4.69) is 41.5 Å². The van der Waals surface area contributed by atoms with E-state index < -0.39 is 0 Å². The normalized spacial score (nSPS) is 12.8. The highest BCUT2D eigenvalue weighted by Crippen LogP contribution is 2.14. The molecule has 0 radical (unpaired) electrons. The molecule has 1 aromatic heterocycles. The van der Waals surface area contributed by atoms with E-state index in [1.165, 1.54) is 10.9 Å². The number of hydrogen-bond acceptors (Lipinski definition) is 3. The minimum absolute atomic E-state index is 0.241. The molecule has 0 fully saturated rings. The van der Waals surface area contributed by atoms with Gasteiger partial charge in [-0.3, -0.25) is 4.98 Å². The molecule has 2 aromatic rings. The number of aliphatic hydroxyl groups is 1. The van der Waals surface area contributed by atoms with Gasteiger partial charge in [0.05, 0.1) is 11.6 Å². The van der Waals surface area contributed by atoms with Crippen LogP contribution in [0.1, 0.15) is 31.0 Å². The van der Waals surface area contributed by atoms with Crippen LogP contribution in [0.3, 0.4) is 0 Å². The summed E-state index contributed by atoms with van der Waals surface area (Å²) in [4.78, 5) is 4.49. The molecule has 0 amide bonds. The molecule has 1 heterocycles. The molecule has 0 bridgehead atoms. The Balaban J connectivity index is 1.96. The van der Waals surface area contributed by atoms with Crippen LogP contribution in [0.4, 0.5) is 0 Å². The topological polar surface area (TPSA) is 45.1 Å². The molecule has 0 spiro atoms. The van der Waals surface area contributed by atoms with Crippen molar-refractivity contribution in [3.8, 4) is 0 Å². The quantitative estimate of drug-likeness (QED) is 0.837. The third-order valence-corrected chi connectivity index (χ3v) is 3.22. The van der Waals surface area contributed by atoms with Crippen molar-refractivity contribution in [2.24, 2.45) is 0 Å². The van der Waals surface area contributed by atoms with Gasteiger partial charge < -0.3 is 10.4 Å². The lowest BCUT2D eigenvalue weighted by Crippen LogP contribution is -2.26. The Labute approximate surface area is 114 Å². The van der Waals surface area contributed by atoms with E-state index in [4.69, 9.17) is 0 Å². The van der Waals surface area contributed by atoms with Crippen molar-refractivity contribution in [3.63, 3.8) is 0 Å². The van der Waals surface area contributed by atoms with E-state index in [1.54, 1.807) is 0 Å². The van der Waals surface area contributed by atoms with Gasteiger partial charge in [-0.2, -0.15) is 0 Å². The minimum atomic E-state index is -0.241. The van der Waals surface area contributed by atoms with Crippen molar-refractivity contribution in [1.29, 1.82) is 0 Å². The molecular formula is C16H22N2O. The zero-order valence-corrected chi connectivity index (χ0v) is 11.7. The first kappa shape index (κ1) is 14.0. The third-order valence-electron chi connectivity index (χ3n) is 3.22. The summed E-state index contributed by atoms with van der Waals surface area (Å²) in [5.74, 6) is 0. The predicted octanol–water partition coefficient (Wildman–Crippen LogP) is 2.79. The zero-order valence-electron chi connectivity index (χ0n) is 11.7. The highest BCUT2D eigenvalue weighted by Gasteiger charge is 2.02. The Morgan fingerprint density at radius 1 is 1.26 bits per heavy atom. The maximum atomic E-state index is 9.66. The smallest absolute Gasteiger partial charge is 0.0705 e. The van der Waals surface area contributed by atoms with Gasteiger partial charge in [0, 0.05) is 24.2 Å². The summed E-state index contributed by atoms with van der Waals surface area (Å²) in [5.41, 5.74) is 3.30. The second-order valence-electron chi connectivity index (χ2n) is 5.05. The molecule has 0 saturated carbocycles. The number of aliphatic hydroxyl groups excluding tert-OH is 1. The number of pyridine rings is 1. The van der Waals surface area contributed by atoms with Crippen molar-refractivity contribution in [2.75, 3.05) is 6.54 Å². The van der Waals surface area contributed by atoms with Crippen LogP contribution in [0, 0.1) is 6.92 Å². The van der Waals surface area contributed by atoms with Crippen LogP contribution in [0.15, 0.2) is 30.3 Å². The number of aromatic nitrogens is 1. The number of nitrogens with one attached hydrogen (secondary N) is 1. The van der Waals surface area contributed by atoms with E-state index in [1.807, 2.05) is 13.0 Å². The summed E-state index contributed by atoms with van der Waals surface area (Å²) in [7, 11) is 0. The number of benzene rings is 1. The van der Waals surface area contributed by atoms with Gasteiger partial charge in [0.2, 0.25) is 0 Å². The van der Waals surface area contributed by atoms with Gasteiger partial charge in [0.1, 0.15) is 0 Å². The summed E-state index contributed by atoms with van der Waals surface area (Å²) in [6, 6.07) is 10.4. The summed E-state index contributed by atoms with van der Waals surface area (Å²) < 4.78 is 0. The van der Waals surface area contributed by atoms with Crippen LogP contribution in [0.2, 0.25) is 0 Å². The van der Waals surface area contributed by atoms with E-state index in [0.29, 0.717) is 6.54 Å². The first-order valence-corrected chi connectivity index (χ1v) is 6.94. The molecule has 1 unspecified atom stereocenters. The summed E-state index contributed by atoms with van der Waals surface area (Å²) >= 11 is 0. The van der Waals surface area contributed by atoms with Crippen molar-refractivity contribution < 1.29 is 5.11 Å². The van der Waals surface area contributed by atoms with Crippen LogP contribution >= 0.6 is 0 Å². The highest BCUT2D eigenvalue weighted by molar-refractivity contribution is 5.79. The molecule has 0 aliphatic heterocycles. The van der Waals surface area contributed by atoms with Gasteiger partial charge >= 0.3 is 0 Å². The molecule has 102 valence electrons. The molecule has 3 heteroatoms. The molecule has 2 N–H and O–H groups in total. The van der Waals surface area contributed by atoms with Crippen LogP contribution in [0.25, 0.3) is 10.9 Å². The van der Waals surface area contributed by atoms with E-state index in [0.717, 1.165) is 30.6 Å². The van der Waals surface area contributed by atoms with E-state index in [9.17, 15) is 5.11 Å². The van der Waals surface area contributed by atoms with Gasteiger partial charge in [0.15, 0.2) is 0 Å². The second-order valence-corrected chi connectivity index (χ2v) is 5.05. The van der Waals surface area contributed by atoms with Gasteiger partial charge in [0.25, 0.3) is 0 Å². The van der Waals surface area contributed by atoms with Gasteiger partial charge in [-0.15, -0.1) is 0 Å². The Morgan fingerprint density at radius 3 is 2.89 bits per heavy atom. The Morgan fingerprint density at radius 2 is 2.11 bits per heavy atom. The Kier molecular flexibility index (Phi) is 4.88. The fourth-order valence-electron chi connectivity index (χ4n) is 2.21. The summed E-state index contributed by atoms with van der Waals surface area (Å²) in [6.07, 6.45) is 1.63. The second kappa shape index (κ2) is 6.64. The number of fused-ring (bicyclic) bond motifs is 1. The number of aryl methyl sites for hydroxylation is 1. The lowest BCUT2D eigenvalue weighted by Gasteiger charge is -2.11. The molecular weight excluding hydrogens is 236 g/mol. The van der Waals surface area contributed by atoms with Crippen LogP contribution < -0.4 is 5.32 Å². The SMILES string of the molecule is CCCC(O)CNCc1ccc2nc(C)ccc2c1. The van der Waals surface area contributed by atoms with Crippen molar-refractivity contribution in [1.82, 2.24) is 10.3 Å².